The van der Waals surface area contributed by atoms with Gasteiger partial charge in [0.05, 0.1) is 0 Å². The standard InChI is InChI=1S/C8H12O2S2/c9-8(10)4-2-1-3-7(12)5-6-11/h6H,1-5H2,(H,9,10). The van der Waals surface area contributed by atoms with Crippen LogP contribution < -0.4 is 0 Å². The normalized spacial score (nSPS) is 9.33. The Bertz CT molecular complexity index is 178. The van der Waals surface area contributed by atoms with E-state index in [0.717, 1.165) is 17.7 Å². The summed E-state index contributed by atoms with van der Waals surface area (Å²) in [5, 5.41) is 9.94. The Hall–Kier alpha value is -0.350. The van der Waals surface area contributed by atoms with Gasteiger partial charge in [0.15, 0.2) is 0 Å². The van der Waals surface area contributed by atoms with Crippen molar-refractivity contribution in [2.75, 3.05) is 0 Å². The number of hydrogen-bond acceptors (Lipinski definition) is 3. The number of rotatable bonds is 7. The van der Waals surface area contributed by atoms with Crippen molar-refractivity contribution < 1.29 is 9.90 Å². The minimum absolute atomic E-state index is 0.236. The van der Waals surface area contributed by atoms with Gasteiger partial charge in [-0.25, -0.2) is 0 Å². The molecule has 0 rings (SSSR count). The molecule has 4 heteroatoms. The molecule has 0 aromatic rings. The molecule has 0 bridgehead atoms. The average Bonchev–Trinajstić information content (AvgIpc) is 1.98. The summed E-state index contributed by atoms with van der Waals surface area (Å²) in [7, 11) is 0. The maximum absolute atomic E-state index is 10.1. The van der Waals surface area contributed by atoms with Gasteiger partial charge in [0, 0.05) is 12.8 Å². The first-order chi connectivity index (χ1) is 5.66. The third-order valence-electron chi connectivity index (χ3n) is 1.41. The van der Waals surface area contributed by atoms with Gasteiger partial charge in [-0.05, 0) is 29.5 Å². The predicted molar refractivity (Wildman–Crippen MR) is 57.0 cm³/mol. The van der Waals surface area contributed by atoms with Gasteiger partial charge in [-0.15, -0.1) is 0 Å². The van der Waals surface area contributed by atoms with Crippen molar-refractivity contribution in [2.24, 2.45) is 0 Å². The van der Waals surface area contributed by atoms with E-state index in [1.807, 2.05) is 0 Å². The Morgan fingerprint density at radius 1 is 1.33 bits per heavy atom. The molecule has 2 nitrogen and oxygen atoms in total. The van der Waals surface area contributed by atoms with Crippen molar-refractivity contribution in [2.45, 2.75) is 32.1 Å². The second-order valence-corrected chi connectivity index (χ2v) is 3.42. The topological polar surface area (TPSA) is 37.3 Å². The number of hydrogen-bond donors (Lipinski definition) is 1. The van der Waals surface area contributed by atoms with Crippen molar-refractivity contribution in [1.82, 2.24) is 0 Å². The van der Waals surface area contributed by atoms with Crippen LogP contribution in [0.5, 0.6) is 0 Å². The monoisotopic (exact) mass is 204 g/mol. The number of thiocarbonyl (C=S) groups is 2. The second-order valence-electron chi connectivity index (χ2n) is 2.51. The molecular weight excluding hydrogens is 192 g/mol. The molecule has 0 aliphatic heterocycles. The minimum Gasteiger partial charge on any atom is -0.481 e. The SMILES string of the molecule is O=C(O)CCCCC(=S)CC=S. The zero-order valence-corrected chi connectivity index (χ0v) is 8.42. The van der Waals surface area contributed by atoms with E-state index in [2.05, 4.69) is 12.2 Å². The van der Waals surface area contributed by atoms with Gasteiger partial charge in [0.1, 0.15) is 0 Å². The Morgan fingerprint density at radius 2 is 1.92 bits per heavy atom. The Morgan fingerprint density at radius 3 is 2.42 bits per heavy atom. The van der Waals surface area contributed by atoms with Crippen LogP contribution in [-0.2, 0) is 4.79 Å². The van der Waals surface area contributed by atoms with Crippen LogP contribution in [0.3, 0.4) is 0 Å². The third-order valence-corrected chi connectivity index (χ3v) is 1.94. The van der Waals surface area contributed by atoms with E-state index >= 15 is 0 Å². The van der Waals surface area contributed by atoms with Crippen molar-refractivity contribution in [3.05, 3.63) is 0 Å². The number of carboxylic acids is 1. The number of unbranched alkanes of at least 4 members (excludes halogenated alkanes) is 1. The number of aliphatic carboxylic acids is 1. The number of carbonyl (C=O) groups is 1. The highest BCUT2D eigenvalue weighted by Crippen LogP contribution is 2.03. The van der Waals surface area contributed by atoms with Gasteiger partial charge in [-0.3, -0.25) is 4.79 Å². The molecule has 68 valence electrons. The van der Waals surface area contributed by atoms with Crippen molar-refractivity contribution in [1.29, 1.82) is 0 Å². The molecule has 0 aliphatic carbocycles. The lowest BCUT2D eigenvalue weighted by atomic mass is 10.1. The zero-order chi connectivity index (χ0) is 9.40. The highest BCUT2D eigenvalue weighted by atomic mass is 32.1. The van der Waals surface area contributed by atoms with Gasteiger partial charge in [0.25, 0.3) is 0 Å². The Labute approximate surface area is 83.0 Å². The maximum Gasteiger partial charge on any atom is 0.303 e. The molecule has 0 spiro atoms. The van der Waals surface area contributed by atoms with Gasteiger partial charge >= 0.3 is 5.97 Å². The lowest BCUT2D eigenvalue weighted by Crippen LogP contribution is -1.97. The molecule has 1 N–H and O–H groups in total. The van der Waals surface area contributed by atoms with Crippen molar-refractivity contribution in [3.8, 4) is 0 Å². The quantitative estimate of drug-likeness (QED) is 0.510. The van der Waals surface area contributed by atoms with Gasteiger partial charge in [-0.2, -0.15) is 0 Å². The van der Waals surface area contributed by atoms with Crippen LogP contribution in [0.1, 0.15) is 32.1 Å². The molecule has 0 atom stereocenters. The van der Waals surface area contributed by atoms with E-state index in [-0.39, 0.29) is 6.42 Å². The summed E-state index contributed by atoms with van der Waals surface area (Å²) < 4.78 is 0. The van der Waals surface area contributed by atoms with Crippen molar-refractivity contribution in [3.63, 3.8) is 0 Å². The lowest BCUT2D eigenvalue weighted by Gasteiger charge is -1.98. The van der Waals surface area contributed by atoms with Crippen LogP contribution in [0.4, 0.5) is 0 Å². The fourth-order valence-electron chi connectivity index (χ4n) is 0.793. The first-order valence-electron chi connectivity index (χ1n) is 3.84. The summed E-state index contributed by atoms with van der Waals surface area (Å²) in [6.45, 7) is 0. The van der Waals surface area contributed by atoms with E-state index in [1.54, 1.807) is 5.37 Å². The molecule has 0 aromatic carbocycles. The number of carboxylic acid groups (broad SMARTS) is 1. The van der Waals surface area contributed by atoms with Gasteiger partial charge < -0.3 is 5.11 Å². The highest BCUT2D eigenvalue weighted by molar-refractivity contribution is 7.81. The third kappa shape index (κ3) is 7.75. The molecule has 0 amide bonds. The van der Waals surface area contributed by atoms with E-state index in [4.69, 9.17) is 17.3 Å². The van der Waals surface area contributed by atoms with Gasteiger partial charge in [-0.1, -0.05) is 24.4 Å². The van der Waals surface area contributed by atoms with Crippen LogP contribution in [0.15, 0.2) is 0 Å². The summed E-state index contributed by atoms with van der Waals surface area (Å²) in [5.74, 6) is -0.740. The fraction of sp³-hybridized carbons (Fsp3) is 0.625. The first kappa shape index (κ1) is 11.6. The molecule has 12 heavy (non-hydrogen) atoms. The minimum atomic E-state index is -0.740. The molecule has 0 fully saturated rings. The van der Waals surface area contributed by atoms with E-state index in [1.165, 1.54) is 0 Å². The summed E-state index contributed by atoms with van der Waals surface area (Å²) in [6, 6.07) is 0. The zero-order valence-electron chi connectivity index (χ0n) is 6.78. The molecule has 0 aromatic heterocycles. The van der Waals surface area contributed by atoms with E-state index in [9.17, 15) is 4.79 Å². The summed E-state index contributed by atoms with van der Waals surface area (Å²) in [5.41, 5.74) is 0. The molecular formula is C8H12O2S2. The van der Waals surface area contributed by atoms with Crippen LogP contribution in [0.2, 0.25) is 0 Å². The maximum atomic E-state index is 10.1. The lowest BCUT2D eigenvalue weighted by molar-refractivity contribution is -0.137. The molecule has 0 saturated carbocycles. The van der Waals surface area contributed by atoms with Crippen LogP contribution in [0.25, 0.3) is 0 Å². The fourth-order valence-corrected chi connectivity index (χ4v) is 1.33. The van der Waals surface area contributed by atoms with E-state index in [0.29, 0.717) is 12.8 Å². The summed E-state index contributed by atoms with van der Waals surface area (Å²) >= 11 is 9.63. The molecule has 0 radical (unpaired) electrons. The first-order valence-corrected chi connectivity index (χ1v) is 4.72. The predicted octanol–water partition coefficient (Wildman–Crippen LogP) is 2.39. The summed E-state index contributed by atoms with van der Waals surface area (Å²) in [6.07, 6.45) is 3.30. The largest absolute Gasteiger partial charge is 0.481 e. The van der Waals surface area contributed by atoms with Crippen molar-refractivity contribution >= 4 is 40.6 Å². The molecule has 0 saturated heterocycles. The smallest absolute Gasteiger partial charge is 0.303 e. The molecule has 0 heterocycles. The average molecular weight is 204 g/mol. The highest BCUT2D eigenvalue weighted by Gasteiger charge is 1.98. The summed E-state index contributed by atoms with van der Waals surface area (Å²) in [4.78, 5) is 11.0. The van der Waals surface area contributed by atoms with Gasteiger partial charge in [0.2, 0.25) is 0 Å². The Kier molecular flexibility index (Phi) is 7.09. The Balaban J connectivity index is 3.25. The van der Waals surface area contributed by atoms with Crippen LogP contribution in [0, 0.1) is 0 Å². The van der Waals surface area contributed by atoms with Crippen LogP contribution >= 0.6 is 24.4 Å². The van der Waals surface area contributed by atoms with E-state index < -0.39 is 5.97 Å². The molecule has 0 unspecified atom stereocenters. The second kappa shape index (κ2) is 7.31. The molecule has 0 aliphatic rings. The van der Waals surface area contributed by atoms with Crippen LogP contribution in [-0.4, -0.2) is 21.3 Å².